The molecule has 0 N–H and O–H groups in total. The van der Waals surface area contributed by atoms with E-state index in [4.69, 9.17) is 4.74 Å². The van der Waals surface area contributed by atoms with Crippen LogP contribution >= 0.6 is 0 Å². The van der Waals surface area contributed by atoms with Crippen molar-refractivity contribution in [3.63, 3.8) is 0 Å². The molecule has 2 heterocycles. The standard InChI is InChI=1S/C15H24N4O4/c1-10-8-17(9-15(4,5)23-10)13(20)6-7-18-12(3)14(19(21)22)11(2)16-18/h10H,6-9H2,1-5H3/t10-/m0/s1. The minimum atomic E-state index is -0.428. The van der Waals surface area contributed by atoms with E-state index in [2.05, 4.69) is 5.10 Å². The van der Waals surface area contributed by atoms with E-state index in [0.717, 1.165) is 0 Å². The highest BCUT2D eigenvalue weighted by molar-refractivity contribution is 5.76. The first-order chi connectivity index (χ1) is 10.6. The molecule has 0 spiro atoms. The number of ether oxygens (including phenoxy) is 1. The molecule has 0 aromatic carbocycles. The summed E-state index contributed by atoms with van der Waals surface area (Å²) in [6.07, 6.45) is 0.263. The van der Waals surface area contributed by atoms with Gasteiger partial charge >= 0.3 is 5.69 Å². The quantitative estimate of drug-likeness (QED) is 0.622. The first-order valence-corrected chi connectivity index (χ1v) is 7.74. The summed E-state index contributed by atoms with van der Waals surface area (Å²) in [5.41, 5.74) is 0.528. The smallest absolute Gasteiger partial charge is 0.312 e. The van der Waals surface area contributed by atoms with Gasteiger partial charge in [0.05, 0.1) is 23.2 Å². The van der Waals surface area contributed by atoms with Crippen LogP contribution in [0.5, 0.6) is 0 Å². The number of nitro groups is 1. The molecule has 8 heteroatoms. The maximum atomic E-state index is 12.4. The van der Waals surface area contributed by atoms with Crippen LogP contribution in [-0.2, 0) is 16.1 Å². The molecule has 1 saturated heterocycles. The van der Waals surface area contributed by atoms with Gasteiger partial charge in [0.25, 0.3) is 0 Å². The number of carbonyl (C=O) groups excluding carboxylic acids is 1. The van der Waals surface area contributed by atoms with Crippen molar-refractivity contribution in [1.29, 1.82) is 0 Å². The van der Waals surface area contributed by atoms with Gasteiger partial charge in [0.1, 0.15) is 11.4 Å². The van der Waals surface area contributed by atoms with Crippen LogP contribution in [0.25, 0.3) is 0 Å². The van der Waals surface area contributed by atoms with Crippen LogP contribution in [0.2, 0.25) is 0 Å². The summed E-state index contributed by atoms with van der Waals surface area (Å²) < 4.78 is 7.34. The molecule has 0 saturated carbocycles. The van der Waals surface area contributed by atoms with E-state index in [-0.39, 0.29) is 29.7 Å². The summed E-state index contributed by atoms with van der Waals surface area (Å²) in [6, 6.07) is 0. The third-order valence-electron chi connectivity index (χ3n) is 3.99. The van der Waals surface area contributed by atoms with Gasteiger partial charge in [-0.25, -0.2) is 0 Å². The molecule has 8 nitrogen and oxygen atoms in total. The minimum Gasteiger partial charge on any atom is -0.369 e. The van der Waals surface area contributed by atoms with Crippen LogP contribution in [0.4, 0.5) is 5.69 Å². The van der Waals surface area contributed by atoms with Crippen molar-refractivity contribution in [3.8, 4) is 0 Å². The summed E-state index contributed by atoms with van der Waals surface area (Å²) in [7, 11) is 0. The Morgan fingerprint density at radius 1 is 1.48 bits per heavy atom. The lowest BCUT2D eigenvalue weighted by molar-refractivity contribution is -0.386. The molecule has 1 aliphatic heterocycles. The monoisotopic (exact) mass is 324 g/mol. The molecule has 1 aromatic heterocycles. The first-order valence-electron chi connectivity index (χ1n) is 7.74. The van der Waals surface area contributed by atoms with E-state index in [1.807, 2.05) is 20.8 Å². The number of aryl methyl sites for hydroxylation is 2. The Kier molecular flexibility index (Phi) is 4.74. The fraction of sp³-hybridized carbons (Fsp3) is 0.733. The number of nitrogens with zero attached hydrogens (tertiary/aromatic N) is 4. The molecular weight excluding hydrogens is 300 g/mol. The van der Waals surface area contributed by atoms with Crippen molar-refractivity contribution in [1.82, 2.24) is 14.7 Å². The van der Waals surface area contributed by atoms with Crippen LogP contribution in [0, 0.1) is 24.0 Å². The largest absolute Gasteiger partial charge is 0.369 e. The van der Waals surface area contributed by atoms with Gasteiger partial charge in [-0.15, -0.1) is 0 Å². The highest BCUT2D eigenvalue weighted by Crippen LogP contribution is 2.23. The molecule has 1 amide bonds. The number of amides is 1. The fourth-order valence-electron chi connectivity index (χ4n) is 3.17. The lowest BCUT2D eigenvalue weighted by atomic mass is 10.1. The summed E-state index contributed by atoms with van der Waals surface area (Å²) in [6.45, 7) is 10.6. The van der Waals surface area contributed by atoms with Crippen molar-refractivity contribution >= 4 is 11.6 Å². The summed E-state index contributed by atoms with van der Waals surface area (Å²) in [5, 5.41) is 15.2. The Morgan fingerprint density at radius 3 is 2.65 bits per heavy atom. The third-order valence-corrected chi connectivity index (χ3v) is 3.99. The predicted octanol–water partition coefficient (Wildman–Crippen LogP) is 1.82. The predicted molar refractivity (Wildman–Crippen MR) is 84.2 cm³/mol. The molecule has 128 valence electrons. The van der Waals surface area contributed by atoms with E-state index in [1.165, 1.54) is 0 Å². The Labute approximate surface area is 135 Å². The number of carbonyl (C=O) groups is 1. The molecule has 0 radical (unpaired) electrons. The van der Waals surface area contributed by atoms with Gasteiger partial charge in [-0.3, -0.25) is 19.6 Å². The second-order valence-electron chi connectivity index (χ2n) is 6.71. The van der Waals surface area contributed by atoms with Crippen molar-refractivity contribution < 1.29 is 14.5 Å². The molecule has 1 aromatic rings. The van der Waals surface area contributed by atoms with Crippen LogP contribution in [0.3, 0.4) is 0 Å². The number of rotatable bonds is 4. The average Bonchev–Trinajstić information content (AvgIpc) is 2.68. The van der Waals surface area contributed by atoms with Gasteiger partial charge < -0.3 is 9.64 Å². The number of hydrogen-bond acceptors (Lipinski definition) is 5. The Bertz CT molecular complexity index is 623. The van der Waals surface area contributed by atoms with Crippen LogP contribution in [0.1, 0.15) is 38.6 Å². The van der Waals surface area contributed by atoms with Gasteiger partial charge in [-0.05, 0) is 34.6 Å². The normalized spacial score (nSPS) is 20.6. The summed E-state index contributed by atoms with van der Waals surface area (Å²) in [4.78, 5) is 24.8. The molecule has 1 fully saturated rings. The third kappa shape index (κ3) is 3.87. The number of morpholine rings is 1. The van der Waals surface area contributed by atoms with Gasteiger partial charge in [0.15, 0.2) is 0 Å². The lowest BCUT2D eigenvalue weighted by Gasteiger charge is -2.41. The molecule has 0 unspecified atom stereocenters. The lowest BCUT2D eigenvalue weighted by Crippen LogP contribution is -2.53. The second-order valence-corrected chi connectivity index (χ2v) is 6.71. The molecule has 2 rings (SSSR count). The first kappa shape index (κ1) is 17.4. The van der Waals surface area contributed by atoms with Crippen molar-refractivity contribution in [2.24, 2.45) is 0 Å². The van der Waals surface area contributed by atoms with Crippen LogP contribution in [-0.4, -0.2) is 50.3 Å². The zero-order valence-corrected chi connectivity index (χ0v) is 14.3. The molecule has 0 bridgehead atoms. The summed E-state index contributed by atoms with van der Waals surface area (Å²) >= 11 is 0. The fourth-order valence-corrected chi connectivity index (χ4v) is 3.17. The van der Waals surface area contributed by atoms with E-state index in [1.54, 1.807) is 23.4 Å². The second kappa shape index (κ2) is 6.27. The molecular formula is C15H24N4O4. The average molecular weight is 324 g/mol. The van der Waals surface area contributed by atoms with E-state index in [0.29, 0.717) is 31.0 Å². The Morgan fingerprint density at radius 2 is 2.13 bits per heavy atom. The minimum absolute atomic E-state index is 0.00234. The Hall–Kier alpha value is -1.96. The SMILES string of the molecule is Cc1nn(CCC(=O)N2C[C@H](C)OC(C)(C)C2)c(C)c1[N+](=O)[O-]. The topological polar surface area (TPSA) is 90.5 Å². The van der Waals surface area contributed by atoms with Crippen LogP contribution in [0.15, 0.2) is 0 Å². The molecule has 1 atom stereocenters. The van der Waals surface area contributed by atoms with Gasteiger partial charge in [-0.1, -0.05) is 0 Å². The Balaban J connectivity index is 2.02. The zero-order chi connectivity index (χ0) is 17.4. The van der Waals surface area contributed by atoms with E-state index < -0.39 is 4.92 Å². The van der Waals surface area contributed by atoms with Gasteiger partial charge in [0.2, 0.25) is 5.91 Å². The van der Waals surface area contributed by atoms with Crippen LogP contribution < -0.4 is 0 Å². The van der Waals surface area contributed by atoms with E-state index >= 15 is 0 Å². The molecule has 23 heavy (non-hydrogen) atoms. The zero-order valence-electron chi connectivity index (χ0n) is 14.3. The van der Waals surface area contributed by atoms with Crippen molar-refractivity contribution in [2.75, 3.05) is 13.1 Å². The van der Waals surface area contributed by atoms with Crippen molar-refractivity contribution in [3.05, 3.63) is 21.5 Å². The molecule has 1 aliphatic rings. The molecule has 0 aliphatic carbocycles. The highest BCUT2D eigenvalue weighted by Gasteiger charge is 2.33. The van der Waals surface area contributed by atoms with Gasteiger partial charge in [0, 0.05) is 19.5 Å². The van der Waals surface area contributed by atoms with E-state index in [9.17, 15) is 14.9 Å². The van der Waals surface area contributed by atoms with Gasteiger partial charge in [-0.2, -0.15) is 5.10 Å². The number of hydrogen-bond donors (Lipinski definition) is 0. The number of aromatic nitrogens is 2. The highest BCUT2D eigenvalue weighted by atomic mass is 16.6. The summed E-state index contributed by atoms with van der Waals surface area (Å²) in [5.74, 6) is 0.0171. The maximum absolute atomic E-state index is 12.4. The maximum Gasteiger partial charge on any atom is 0.312 e. The van der Waals surface area contributed by atoms with Crippen molar-refractivity contribution in [2.45, 2.75) is 59.3 Å².